The Bertz CT molecular complexity index is 1050. The Kier molecular flexibility index (Phi) is 6.36. The van der Waals surface area contributed by atoms with Gasteiger partial charge in [-0.3, -0.25) is 4.79 Å². The monoisotopic (exact) mass is 461 g/mol. The zero-order chi connectivity index (χ0) is 20.1. The highest BCUT2D eigenvalue weighted by molar-refractivity contribution is 9.10. The van der Waals surface area contributed by atoms with E-state index in [0.717, 1.165) is 23.7 Å². The summed E-state index contributed by atoms with van der Waals surface area (Å²) in [5.74, 6) is -0.565. The van der Waals surface area contributed by atoms with E-state index in [1.807, 2.05) is 24.3 Å². The summed E-state index contributed by atoms with van der Waals surface area (Å²) >= 11 is 3.27. The van der Waals surface area contributed by atoms with Gasteiger partial charge < -0.3 is 9.73 Å². The number of furan rings is 1. The Labute approximate surface area is 172 Å². The second-order valence-electron chi connectivity index (χ2n) is 6.33. The van der Waals surface area contributed by atoms with Gasteiger partial charge in [0.05, 0.1) is 4.90 Å². The normalized spacial score (nSPS) is 11.4. The van der Waals surface area contributed by atoms with Crippen LogP contribution >= 0.6 is 15.9 Å². The van der Waals surface area contributed by atoms with Gasteiger partial charge in [0, 0.05) is 10.2 Å². The lowest BCUT2D eigenvalue weighted by molar-refractivity contribution is 0.0991. The quantitative estimate of drug-likeness (QED) is 0.505. The summed E-state index contributed by atoms with van der Waals surface area (Å²) < 4.78 is 31.3. The molecule has 0 radical (unpaired) electrons. The number of sulfone groups is 1. The van der Waals surface area contributed by atoms with Crippen LogP contribution in [0.5, 0.6) is 0 Å². The van der Waals surface area contributed by atoms with Crippen LogP contribution in [0.1, 0.15) is 35.9 Å². The number of hydrogen-bond donors (Lipinski definition) is 1. The fourth-order valence-corrected chi connectivity index (χ4v) is 4.08. The lowest BCUT2D eigenvalue weighted by Crippen LogP contribution is -2.11. The van der Waals surface area contributed by atoms with E-state index in [0.29, 0.717) is 5.69 Å². The van der Waals surface area contributed by atoms with Gasteiger partial charge in [0.1, 0.15) is 0 Å². The van der Waals surface area contributed by atoms with Crippen molar-refractivity contribution < 1.29 is 17.6 Å². The van der Waals surface area contributed by atoms with Gasteiger partial charge in [0.15, 0.2) is 5.76 Å². The second kappa shape index (κ2) is 8.75. The van der Waals surface area contributed by atoms with Gasteiger partial charge in [-0.15, -0.1) is 0 Å². The number of carbonyl (C=O) groups excluding carboxylic acids is 1. The molecule has 1 aromatic heterocycles. The first kappa shape index (κ1) is 20.4. The first-order valence-corrected chi connectivity index (χ1v) is 11.2. The van der Waals surface area contributed by atoms with Gasteiger partial charge in [-0.2, -0.15) is 0 Å². The maximum atomic E-state index is 12.6. The molecule has 1 heterocycles. The number of aryl methyl sites for hydroxylation is 1. The molecule has 0 saturated heterocycles. The molecule has 0 bridgehead atoms. The molecule has 0 aliphatic rings. The van der Waals surface area contributed by atoms with Crippen LogP contribution in [0.3, 0.4) is 0 Å². The van der Waals surface area contributed by atoms with Crippen LogP contribution in [0.15, 0.2) is 79.5 Å². The number of rotatable bonds is 7. The molecule has 5 nitrogen and oxygen atoms in total. The Hall–Kier alpha value is -2.38. The minimum Gasteiger partial charge on any atom is -0.439 e. The van der Waals surface area contributed by atoms with Crippen molar-refractivity contribution in [3.05, 3.63) is 76.5 Å². The maximum absolute atomic E-state index is 12.6. The Morgan fingerprint density at radius 1 is 1.00 bits per heavy atom. The third kappa shape index (κ3) is 4.72. The number of carbonyl (C=O) groups is 1. The molecule has 0 aliphatic carbocycles. The summed E-state index contributed by atoms with van der Waals surface area (Å²) in [6.07, 6.45) is 3.25. The average Bonchev–Trinajstić information content (AvgIpc) is 3.19. The zero-order valence-corrected chi connectivity index (χ0v) is 17.7. The Balaban J connectivity index is 1.72. The lowest BCUT2D eigenvalue weighted by Gasteiger charge is -2.05. The summed E-state index contributed by atoms with van der Waals surface area (Å²) in [5, 5.41) is 2.45. The molecule has 1 N–H and O–H groups in total. The molecule has 0 spiro atoms. The van der Waals surface area contributed by atoms with Crippen LogP contribution in [0.2, 0.25) is 0 Å². The van der Waals surface area contributed by atoms with Crippen molar-refractivity contribution in [3.8, 4) is 0 Å². The minimum absolute atomic E-state index is 0.0641. The van der Waals surface area contributed by atoms with Crippen LogP contribution in [0, 0.1) is 0 Å². The van der Waals surface area contributed by atoms with Crippen LogP contribution < -0.4 is 5.32 Å². The largest absolute Gasteiger partial charge is 0.439 e. The SMILES string of the molecule is CCCCc1ccc(NC(=O)c2ccc(S(=O)(=O)c3ccc(Br)cc3)o2)cc1. The summed E-state index contributed by atoms with van der Waals surface area (Å²) in [4.78, 5) is 12.5. The van der Waals surface area contributed by atoms with Crippen LogP contribution in [-0.4, -0.2) is 14.3 Å². The number of benzene rings is 2. The van der Waals surface area contributed by atoms with Crippen molar-refractivity contribution in [2.45, 2.75) is 36.2 Å². The molecular formula is C21H20BrNO4S. The van der Waals surface area contributed by atoms with Crippen LogP contribution in [-0.2, 0) is 16.3 Å². The van der Waals surface area contributed by atoms with Crippen molar-refractivity contribution in [2.24, 2.45) is 0 Å². The number of amides is 1. The zero-order valence-electron chi connectivity index (χ0n) is 15.3. The van der Waals surface area contributed by atoms with Crippen molar-refractivity contribution in [1.29, 1.82) is 0 Å². The first-order chi connectivity index (χ1) is 13.4. The topological polar surface area (TPSA) is 76.4 Å². The van der Waals surface area contributed by atoms with Crippen LogP contribution in [0.4, 0.5) is 5.69 Å². The van der Waals surface area contributed by atoms with Crippen molar-refractivity contribution in [3.63, 3.8) is 0 Å². The molecule has 0 atom stereocenters. The highest BCUT2D eigenvalue weighted by Gasteiger charge is 2.23. The van der Waals surface area contributed by atoms with E-state index in [-0.39, 0.29) is 15.7 Å². The maximum Gasteiger partial charge on any atom is 0.291 e. The second-order valence-corrected chi connectivity index (χ2v) is 9.13. The number of hydrogen-bond acceptors (Lipinski definition) is 4. The molecule has 146 valence electrons. The van der Waals surface area contributed by atoms with Crippen molar-refractivity contribution in [1.82, 2.24) is 0 Å². The summed E-state index contributed by atoms with van der Waals surface area (Å²) in [5.41, 5.74) is 1.83. The Morgan fingerprint density at radius 2 is 1.68 bits per heavy atom. The number of anilines is 1. The van der Waals surface area contributed by atoms with E-state index in [2.05, 4.69) is 28.2 Å². The van der Waals surface area contributed by atoms with Gasteiger partial charge in [-0.05, 0) is 66.9 Å². The smallest absolute Gasteiger partial charge is 0.291 e. The predicted octanol–water partition coefficient (Wildman–Crippen LogP) is 5.47. The molecule has 0 aliphatic heterocycles. The van der Waals surface area contributed by atoms with E-state index in [4.69, 9.17) is 4.42 Å². The highest BCUT2D eigenvalue weighted by atomic mass is 79.9. The van der Waals surface area contributed by atoms with Gasteiger partial charge >= 0.3 is 0 Å². The molecular weight excluding hydrogens is 442 g/mol. The lowest BCUT2D eigenvalue weighted by atomic mass is 10.1. The number of unbranched alkanes of at least 4 members (excludes halogenated alkanes) is 1. The summed E-state index contributed by atoms with van der Waals surface area (Å²) in [6.45, 7) is 2.14. The minimum atomic E-state index is -3.82. The van der Waals surface area contributed by atoms with Gasteiger partial charge in [0.25, 0.3) is 5.91 Å². The van der Waals surface area contributed by atoms with E-state index in [9.17, 15) is 13.2 Å². The fourth-order valence-electron chi connectivity index (χ4n) is 2.64. The van der Waals surface area contributed by atoms with Crippen molar-refractivity contribution >= 4 is 37.4 Å². The average molecular weight is 462 g/mol. The van der Waals surface area contributed by atoms with Crippen LogP contribution in [0.25, 0.3) is 0 Å². The number of halogens is 1. The van der Waals surface area contributed by atoms with Gasteiger partial charge in [0.2, 0.25) is 14.9 Å². The van der Waals surface area contributed by atoms with Gasteiger partial charge in [-0.25, -0.2) is 8.42 Å². The molecule has 2 aromatic carbocycles. The predicted molar refractivity (Wildman–Crippen MR) is 111 cm³/mol. The van der Waals surface area contributed by atoms with E-state index in [1.54, 1.807) is 12.1 Å². The molecule has 0 saturated carbocycles. The molecule has 0 fully saturated rings. The van der Waals surface area contributed by atoms with Gasteiger partial charge in [-0.1, -0.05) is 41.4 Å². The first-order valence-electron chi connectivity index (χ1n) is 8.91. The standard InChI is InChI=1S/C21H20BrNO4S/c1-2-3-4-15-5-9-17(10-6-15)23-21(24)19-13-14-20(27-19)28(25,26)18-11-7-16(22)8-12-18/h5-14H,2-4H2,1H3,(H,23,24). The summed E-state index contributed by atoms with van der Waals surface area (Å²) in [7, 11) is -3.82. The molecule has 7 heteroatoms. The Morgan fingerprint density at radius 3 is 2.32 bits per heavy atom. The fraction of sp³-hybridized carbons (Fsp3) is 0.190. The highest BCUT2D eigenvalue weighted by Crippen LogP contribution is 2.25. The molecule has 3 rings (SSSR count). The van der Waals surface area contributed by atoms with Crippen molar-refractivity contribution in [2.75, 3.05) is 5.32 Å². The van der Waals surface area contributed by atoms with E-state index in [1.165, 1.54) is 29.8 Å². The third-order valence-corrected chi connectivity index (χ3v) is 6.40. The number of nitrogens with one attached hydrogen (secondary N) is 1. The molecule has 0 unspecified atom stereocenters. The van der Waals surface area contributed by atoms with E-state index < -0.39 is 15.7 Å². The molecule has 28 heavy (non-hydrogen) atoms. The summed E-state index contributed by atoms with van der Waals surface area (Å²) in [6, 6.07) is 16.5. The molecule has 1 amide bonds. The third-order valence-electron chi connectivity index (χ3n) is 4.22. The molecule has 3 aromatic rings. The van der Waals surface area contributed by atoms with E-state index >= 15 is 0 Å².